The molecule has 0 spiro atoms. The van der Waals surface area contributed by atoms with E-state index in [0.29, 0.717) is 0 Å². The lowest BCUT2D eigenvalue weighted by molar-refractivity contribution is 1.63. The van der Waals surface area contributed by atoms with Gasteiger partial charge in [-0.15, -0.1) is 11.3 Å². The average molecular weight is 415 g/mol. The molecule has 0 fully saturated rings. The highest BCUT2D eigenvalue weighted by molar-refractivity contribution is 9.10. The first-order valence-corrected chi connectivity index (χ1v) is 10.2. The molecule has 0 bridgehead atoms. The molecule has 0 N–H and O–H groups in total. The molecular formula is C24H15BrS. The Labute approximate surface area is 164 Å². The van der Waals surface area contributed by atoms with Crippen molar-refractivity contribution in [1.82, 2.24) is 0 Å². The zero-order valence-electron chi connectivity index (χ0n) is 13.9. The van der Waals surface area contributed by atoms with Crippen LogP contribution in [0.2, 0.25) is 0 Å². The van der Waals surface area contributed by atoms with Crippen LogP contribution in [0.3, 0.4) is 0 Å². The highest BCUT2D eigenvalue weighted by Gasteiger charge is 2.13. The SMILES string of the molecule is Brc1ccc(-c2cccc3c2sc2c(-c4ccccc4)cccc23)cc1. The van der Waals surface area contributed by atoms with Crippen molar-refractivity contribution in [1.29, 1.82) is 0 Å². The summed E-state index contributed by atoms with van der Waals surface area (Å²) in [5.41, 5.74) is 5.14. The molecule has 0 aliphatic heterocycles. The van der Waals surface area contributed by atoms with Crippen LogP contribution in [0.25, 0.3) is 42.4 Å². The third kappa shape index (κ3) is 2.57. The third-order valence-corrected chi connectivity index (χ3v) is 6.58. The van der Waals surface area contributed by atoms with E-state index in [4.69, 9.17) is 0 Å². The average Bonchev–Trinajstić information content (AvgIpc) is 3.08. The van der Waals surface area contributed by atoms with Gasteiger partial charge in [0.25, 0.3) is 0 Å². The molecule has 0 atom stereocenters. The van der Waals surface area contributed by atoms with Crippen LogP contribution < -0.4 is 0 Å². The van der Waals surface area contributed by atoms with Gasteiger partial charge in [0.15, 0.2) is 0 Å². The molecule has 0 amide bonds. The monoisotopic (exact) mass is 414 g/mol. The van der Waals surface area contributed by atoms with Crippen molar-refractivity contribution in [2.45, 2.75) is 0 Å². The fourth-order valence-corrected chi connectivity index (χ4v) is 5.16. The van der Waals surface area contributed by atoms with Crippen LogP contribution in [-0.2, 0) is 0 Å². The molecule has 4 aromatic carbocycles. The van der Waals surface area contributed by atoms with Crippen molar-refractivity contribution < 1.29 is 0 Å². The van der Waals surface area contributed by atoms with E-state index < -0.39 is 0 Å². The van der Waals surface area contributed by atoms with Gasteiger partial charge in [0.05, 0.1) is 0 Å². The number of benzene rings is 4. The standard InChI is InChI=1S/C24H15BrS/c25-18-14-12-17(13-15-18)20-9-5-11-22-21-10-4-8-19(23(21)26-24(20)22)16-6-2-1-3-7-16/h1-15H. The van der Waals surface area contributed by atoms with Crippen molar-refractivity contribution in [3.05, 3.63) is 95.5 Å². The second kappa shape index (κ2) is 6.39. The maximum absolute atomic E-state index is 3.53. The van der Waals surface area contributed by atoms with E-state index in [2.05, 4.69) is 107 Å². The molecule has 0 saturated carbocycles. The molecule has 5 rings (SSSR count). The molecule has 1 heterocycles. The number of fused-ring (bicyclic) bond motifs is 3. The second-order valence-corrected chi connectivity index (χ2v) is 8.28. The minimum absolute atomic E-state index is 1.11. The van der Waals surface area contributed by atoms with Crippen LogP contribution in [0.15, 0.2) is 95.5 Å². The number of rotatable bonds is 2. The predicted molar refractivity (Wildman–Crippen MR) is 118 cm³/mol. The summed E-state index contributed by atoms with van der Waals surface area (Å²) >= 11 is 5.43. The van der Waals surface area contributed by atoms with Gasteiger partial charge < -0.3 is 0 Å². The first kappa shape index (κ1) is 15.8. The van der Waals surface area contributed by atoms with Crippen LogP contribution in [0.4, 0.5) is 0 Å². The summed E-state index contributed by atoms with van der Waals surface area (Å²) in [6.45, 7) is 0. The summed E-state index contributed by atoms with van der Waals surface area (Å²) in [5.74, 6) is 0. The topological polar surface area (TPSA) is 0 Å². The maximum Gasteiger partial charge on any atom is 0.0434 e. The summed E-state index contributed by atoms with van der Waals surface area (Å²) in [6.07, 6.45) is 0. The van der Waals surface area contributed by atoms with E-state index in [1.807, 2.05) is 11.3 Å². The Hall–Kier alpha value is -2.42. The largest absolute Gasteiger partial charge is 0.134 e. The number of thiophene rings is 1. The van der Waals surface area contributed by atoms with E-state index in [9.17, 15) is 0 Å². The van der Waals surface area contributed by atoms with Crippen LogP contribution in [0, 0.1) is 0 Å². The molecule has 2 heteroatoms. The molecule has 0 radical (unpaired) electrons. The lowest BCUT2D eigenvalue weighted by atomic mass is 10.0. The van der Waals surface area contributed by atoms with E-state index >= 15 is 0 Å². The molecule has 5 aromatic rings. The Morgan fingerprint density at radius 2 is 1.04 bits per heavy atom. The Balaban J connectivity index is 1.82. The van der Waals surface area contributed by atoms with Gasteiger partial charge in [0, 0.05) is 24.6 Å². The molecular weight excluding hydrogens is 400 g/mol. The van der Waals surface area contributed by atoms with Gasteiger partial charge in [-0.05, 0) is 34.4 Å². The Morgan fingerprint density at radius 3 is 1.62 bits per heavy atom. The van der Waals surface area contributed by atoms with Gasteiger partial charge in [-0.25, -0.2) is 0 Å². The lowest BCUT2D eigenvalue weighted by Gasteiger charge is -2.03. The molecule has 1 aromatic heterocycles. The van der Waals surface area contributed by atoms with Gasteiger partial charge in [0.1, 0.15) is 0 Å². The predicted octanol–water partition coefficient (Wildman–Crippen LogP) is 8.15. The van der Waals surface area contributed by atoms with Gasteiger partial charge in [-0.1, -0.05) is 94.8 Å². The summed E-state index contributed by atoms with van der Waals surface area (Å²) < 4.78 is 3.82. The van der Waals surface area contributed by atoms with E-state index in [1.54, 1.807) is 0 Å². The molecule has 0 nitrogen and oxygen atoms in total. The first-order chi connectivity index (χ1) is 12.8. The van der Waals surface area contributed by atoms with Gasteiger partial charge in [-0.2, -0.15) is 0 Å². The molecule has 0 aliphatic rings. The summed E-state index contributed by atoms with van der Waals surface area (Å²) in [6, 6.07) is 32.5. The highest BCUT2D eigenvalue weighted by atomic mass is 79.9. The van der Waals surface area contributed by atoms with E-state index in [1.165, 1.54) is 42.4 Å². The minimum Gasteiger partial charge on any atom is -0.134 e. The lowest BCUT2D eigenvalue weighted by Crippen LogP contribution is -1.78. The minimum atomic E-state index is 1.11. The third-order valence-electron chi connectivity index (χ3n) is 4.76. The Kier molecular flexibility index (Phi) is 3.88. The fourth-order valence-electron chi connectivity index (χ4n) is 3.52. The zero-order chi connectivity index (χ0) is 17.5. The second-order valence-electron chi connectivity index (χ2n) is 6.34. The van der Waals surface area contributed by atoms with Crippen molar-refractivity contribution in [2.75, 3.05) is 0 Å². The van der Waals surface area contributed by atoms with Gasteiger partial charge in [-0.3, -0.25) is 0 Å². The van der Waals surface area contributed by atoms with Crippen LogP contribution in [0.5, 0.6) is 0 Å². The first-order valence-electron chi connectivity index (χ1n) is 8.57. The van der Waals surface area contributed by atoms with Crippen LogP contribution in [-0.4, -0.2) is 0 Å². The molecule has 26 heavy (non-hydrogen) atoms. The van der Waals surface area contributed by atoms with Crippen molar-refractivity contribution in [3.63, 3.8) is 0 Å². The van der Waals surface area contributed by atoms with Crippen LogP contribution >= 0.6 is 27.3 Å². The van der Waals surface area contributed by atoms with Gasteiger partial charge in [0.2, 0.25) is 0 Å². The highest BCUT2D eigenvalue weighted by Crippen LogP contribution is 2.43. The maximum atomic E-state index is 3.53. The number of hydrogen-bond donors (Lipinski definition) is 0. The summed E-state index contributed by atoms with van der Waals surface area (Å²) in [4.78, 5) is 0. The normalized spacial score (nSPS) is 11.3. The fraction of sp³-hybridized carbons (Fsp3) is 0. The van der Waals surface area contributed by atoms with E-state index in [-0.39, 0.29) is 0 Å². The van der Waals surface area contributed by atoms with Crippen molar-refractivity contribution in [3.8, 4) is 22.3 Å². The van der Waals surface area contributed by atoms with Crippen LogP contribution in [0.1, 0.15) is 0 Å². The quantitative estimate of drug-likeness (QED) is 0.273. The zero-order valence-corrected chi connectivity index (χ0v) is 16.3. The Morgan fingerprint density at radius 1 is 0.500 bits per heavy atom. The molecule has 0 aliphatic carbocycles. The molecule has 0 saturated heterocycles. The molecule has 0 unspecified atom stereocenters. The number of hydrogen-bond acceptors (Lipinski definition) is 1. The summed E-state index contributed by atoms with van der Waals surface area (Å²) in [7, 11) is 0. The summed E-state index contributed by atoms with van der Waals surface area (Å²) in [5, 5.41) is 2.67. The van der Waals surface area contributed by atoms with E-state index in [0.717, 1.165) is 4.47 Å². The van der Waals surface area contributed by atoms with Crippen molar-refractivity contribution >= 4 is 47.4 Å². The smallest absolute Gasteiger partial charge is 0.0434 e. The number of halogens is 1. The Bertz CT molecular complexity index is 1220. The van der Waals surface area contributed by atoms with Gasteiger partial charge >= 0.3 is 0 Å². The molecule has 124 valence electrons. The van der Waals surface area contributed by atoms with Crippen molar-refractivity contribution in [2.24, 2.45) is 0 Å².